The zero-order valence-electron chi connectivity index (χ0n) is 8.73. The standard InChI is InChI=1S/C11H13BrN2S.BrH/c12-6-10-8-14-11(15-10)13-7-9-4-2-1-3-5-9;/h1-5,10H,6-8H2,(H,13,14);1H. The summed E-state index contributed by atoms with van der Waals surface area (Å²) in [5.74, 6) is 0. The van der Waals surface area contributed by atoms with E-state index in [2.05, 4.69) is 50.5 Å². The van der Waals surface area contributed by atoms with Crippen LogP contribution in [-0.4, -0.2) is 22.3 Å². The lowest BCUT2D eigenvalue weighted by molar-refractivity contribution is 0.916. The van der Waals surface area contributed by atoms with Gasteiger partial charge >= 0.3 is 0 Å². The molecule has 0 amide bonds. The minimum atomic E-state index is 0. The molecule has 0 fully saturated rings. The minimum absolute atomic E-state index is 0. The van der Waals surface area contributed by atoms with Gasteiger partial charge in [0.15, 0.2) is 5.17 Å². The van der Waals surface area contributed by atoms with E-state index >= 15 is 0 Å². The monoisotopic (exact) mass is 364 g/mol. The number of nitrogens with one attached hydrogen (secondary N) is 1. The molecule has 1 aliphatic rings. The Balaban J connectivity index is 0.00000128. The molecule has 5 heteroatoms. The fourth-order valence-corrected chi connectivity index (χ4v) is 2.80. The number of thioether (sulfide) groups is 1. The van der Waals surface area contributed by atoms with E-state index in [1.807, 2.05) is 17.8 Å². The molecule has 2 nitrogen and oxygen atoms in total. The first-order chi connectivity index (χ1) is 7.38. The van der Waals surface area contributed by atoms with Gasteiger partial charge in [-0.15, -0.1) is 17.0 Å². The average Bonchev–Trinajstić information content (AvgIpc) is 2.76. The van der Waals surface area contributed by atoms with E-state index in [1.54, 1.807) is 0 Å². The van der Waals surface area contributed by atoms with E-state index in [1.165, 1.54) is 5.56 Å². The molecule has 1 aliphatic heterocycles. The van der Waals surface area contributed by atoms with Gasteiger partial charge in [-0.05, 0) is 5.56 Å². The third-order valence-corrected chi connectivity index (χ3v) is 4.53. The van der Waals surface area contributed by atoms with Gasteiger partial charge in [-0.2, -0.15) is 0 Å². The van der Waals surface area contributed by atoms with Crippen LogP contribution in [0.3, 0.4) is 0 Å². The van der Waals surface area contributed by atoms with E-state index in [9.17, 15) is 0 Å². The number of amidine groups is 1. The van der Waals surface area contributed by atoms with Gasteiger partial charge in [0.25, 0.3) is 0 Å². The Morgan fingerprint density at radius 3 is 2.75 bits per heavy atom. The number of rotatable bonds is 3. The first kappa shape index (κ1) is 14.1. The summed E-state index contributed by atoms with van der Waals surface area (Å²) in [6, 6.07) is 10.4. The van der Waals surface area contributed by atoms with E-state index < -0.39 is 0 Å². The molecule has 1 N–H and O–H groups in total. The molecule has 0 bridgehead atoms. The van der Waals surface area contributed by atoms with E-state index in [0.717, 1.165) is 23.6 Å². The molecule has 0 radical (unpaired) electrons. The van der Waals surface area contributed by atoms with Gasteiger partial charge in [0.2, 0.25) is 0 Å². The summed E-state index contributed by atoms with van der Waals surface area (Å²) in [4.78, 5) is 4.44. The number of nitrogens with zero attached hydrogens (tertiary/aromatic N) is 1. The molecular weight excluding hydrogens is 352 g/mol. The Kier molecular flexibility index (Phi) is 6.46. The average molecular weight is 366 g/mol. The summed E-state index contributed by atoms with van der Waals surface area (Å²) in [5, 5.41) is 6.04. The highest BCUT2D eigenvalue weighted by Gasteiger charge is 2.17. The molecule has 1 aromatic rings. The maximum Gasteiger partial charge on any atom is 0.157 e. The van der Waals surface area contributed by atoms with Gasteiger partial charge in [0.1, 0.15) is 0 Å². The lowest BCUT2D eigenvalue weighted by Crippen LogP contribution is -2.18. The van der Waals surface area contributed by atoms with E-state index in [4.69, 9.17) is 0 Å². The number of halogens is 2. The van der Waals surface area contributed by atoms with Crippen molar-refractivity contribution in [1.29, 1.82) is 0 Å². The lowest BCUT2D eigenvalue weighted by Gasteiger charge is -2.06. The van der Waals surface area contributed by atoms with Crippen LogP contribution in [0, 0.1) is 0 Å². The summed E-state index contributed by atoms with van der Waals surface area (Å²) < 4.78 is 0. The lowest BCUT2D eigenvalue weighted by atomic mass is 10.2. The normalized spacial score (nSPS) is 18.8. The molecule has 1 unspecified atom stereocenters. The summed E-state index contributed by atoms with van der Waals surface area (Å²) in [6.45, 7) is 1.79. The molecule has 0 spiro atoms. The third kappa shape index (κ3) is 4.11. The Labute approximate surface area is 119 Å². The van der Waals surface area contributed by atoms with Crippen molar-refractivity contribution >= 4 is 49.8 Å². The SMILES string of the molecule is Br.BrCC1CN=C(NCc2ccccc2)S1. The molecule has 2 rings (SSSR count). The summed E-state index contributed by atoms with van der Waals surface area (Å²) in [6.07, 6.45) is 0. The molecule has 1 heterocycles. The van der Waals surface area contributed by atoms with Crippen molar-refractivity contribution in [2.75, 3.05) is 11.9 Å². The smallest absolute Gasteiger partial charge is 0.157 e. The van der Waals surface area contributed by atoms with Crippen molar-refractivity contribution in [2.24, 2.45) is 4.99 Å². The van der Waals surface area contributed by atoms with Crippen molar-refractivity contribution in [3.63, 3.8) is 0 Å². The molecule has 0 saturated carbocycles. The summed E-state index contributed by atoms with van der Waals surface area (Å²) >= 11 is 5.30. The van der Waals surface area contributed by atoms with Crippen LogP contribution in [0.1, 0.15) is 5.56 Å². The predicted molar refractivity (Wildman–Crippen MR) is 81.1 cm³/mol. The fraction of sp³-hybridized carbons (Fsp3) is 0.364. The van der Waals surface area contributed by atoms with Crippen LogP contribution >= 0.6 is 44.7 Å². The Bertz CT molecular complexity index is 343. The van der Waals surface area contributed by atoms with Crippen LogP contribution in [-0.2, 0) is 6.54 Å². The molecule has 0 saturated heterocycles. The van der Waals surface area contributed by atoms with Crippen molar-refractivity contribution in [3.05, 3.63) is 35.9 Å². The maximum absolute atomic E-state index is 4.44. The van der Waals surface area contributed by atoms with Gasteiger partial charge < -0.3 is 5.32 Å². The summed E-state index contributed by atoms with van der Waals surface area (Å²) in [5.41, 5.74) is 1.29. The molecule has 88 valence electrons. The Hall–Kier alpha value is -0.0000000000000000555. The highest BCUT2D eigenvalue weighted by atomic mass is 79.9. The summed E-state index contributed by atoms with van der Waals surface area (Å²) in [7, 11) is 0. The van der Waals surface area contributed by atoms with E-state index in [-0.39, 0.29) is 17.0 Å². The molecule has 0 aromatic heterocycles. The Morgan fingerprint density at radius 2 is 2.12 bits per heavy atom. The van der Waals surface area contributed by atoms with Crippen LogP contribution in [0.25, 0.3) is 0 Å². The van der Waals surface area contributed by atoms with Gasteiger partial charge in [0, 0.05) is 17.1 Å². The number of aliphatic imine (C=N–C) groups is 1. The first-order valence-electron chi connectivity index (χ1n) is 4.93. The third-order valence-electron chi connectivity index (χ3n) is 2.18. The number of benzene rings is 1. The molecule has 1 aromatic carbocycles. The number of alkyl halides is 1. The van der Waals surface area contributed by atoms with Gasteiger partial charge in [0.05, 0.1) is 6.54 Å². The van der Waals surface area contributed by atoms with Gasteiger partial charge in [-0.25, -0.2) is 0 Å². The zero-order chi connectivity index (χ0) is 10.5. The quantitative estimate of drug-likeness (QED) is 0.831. The van der Waals surface area contributed by atoms with Crippen molar-refractivity contribution in [2.45, 2.75) is 11.8 Å². The van der Waals surface area contributed by atoms with Crippen molar-refractivity contribution < 1.29 is 0 Å². The van der Waals surface area contributed by atoms with Crippen LogP contribution in [0.5, 0.6) is 0 Å². The molecular formula is C11H14Br2N2S. The largest absolute Gasteiger partial charge is 0.361 e. The highest BCUT2D eigenvalue weighted by Crippen LogP contribution is 2.21. The molecule has 1 atom stereocenters. The van der Waals surface area contributed by atoms with Crippen molar-refractivity contribution in [1.82, 2.24) is 5.32 Å². The maximum atomic E-state index is 4.44. The first-order valence-corrected chi connectivity index (χ1v) is 6.93. The Morgan fingerprint density at radius 1 is 1.38 bits per heavy atom. The van der Waals surface area contributed by atoms with Crippen LogP contribution in [0.2, 0.25) is 0 Å². The highest BCUT2D eigenvalue weighted by molar-refractivity contribution is 9.09. The second-order valence-electron chi connectivity index (χ2n) is 3.38. The topological polar surface area (TPSA) is 24.4 Å². The van der Waals surface area contributed by atoms with Crippen LogP contribution in [0.15, 0.2) is 35.3 Å². The van der Waals surface area contributed by atoms with Crippen LogP contribution in [0.4, 0.5) is 0 Å². The number of hydrogen-bond acceptors (Lipinski definition) is 3. The van der Waals surface area contributed by atoms with Crippen molar-refractivity contribution in [3.8, 4) is 0 Å². The van der Waals surface area contributed by atoms with E-state index in [0.29, 0.717) is 5.25 Å². The zero-order valence-corrected chi connectivity index (χ0v) is 12.8. The van der Waals surface area contributed by atoms with Crippen LogP contribution < -0.4 is 5.32 Å². The fourth-order valence-electron chi connectivity index (χ4n) is 1.37. The van der Waals surface area contributed by atoms with Gasteiger partial charge in [-0.3, -0.25) is 4.99 Å². The second kappa shape index (κ2) is 7.35. The minimum Gasteiger partial charge on any atom is -0.361 e. The number of hydrogen-bond donors (Lipinski definition) is 1. The second-order valence-corrected chi connectivity index (χ2v) is 5.32. The molecule has 16 heavy (non-hydrogen) atoms. The predicted octanol–water partition coefficient (Wildman–Crippen LogP) is 3.22. The van der Waals surface area contributed by atoms with Gasteiger partial charge in [-0.1, -0.05) is 58.0 Å². The molecule has 0 aliphatic carbocycles.